The van der Waals surface area contributed by atoms with Gasteiger partial charge >= 0.3 is 0 Å². The number of aryl methyl sites for hydroxylation is 1. The smallest absolute Gasteiger partial charge is 0.0233 e. The van der Waals surface area contributed by atoms with Gasteiger partial charge in [-0.15, -0.1) is 0 Å². The summed E-state index contributed by atoms with van der Waals surface area (Å²) in [7, 11) is 2.25. The molecular weight excluding hydrogens is 196 g/mol. The Balaban J connectivity index is 1.90. The second-order valence-electron chi connectivity index (χ2n) is 4.88. The van der Waals surface area contributed by atoms with E-state index in [4.69, 9.17) is 0 Å². The summed E-state index contributed by atoms with van der Waals surface area (Å²) in [6.07, 6.45) is 2.56. The Morgan fingerprint density at radius 2 is 1.81 bits per heavy atom. The molecule has 88 valence electrons. The van der Waals surface area contributed by atoms with Crippen LogP contribution in [0.15, 0.2) is 24.3 Å². The Labute approximate surface area is 98.7 Å². The minimum Gasteiger partial charge on any atom is -0.317 e. The van der Waals surface area contributed by atoms with Crippen molar-refractivity contribution in [3.05, 3.63) is 35.4 Å². The van der Waals surface area contributed by atoms with E-state index in [0.717, 1.165) is 12.6 Å². The lowest BCUT2D eigenvalue weighted by atomic mass is 10.0. The fraction of sp³-hybridized carbons (Fsp3) is 0.571. The molecule has 1 aliphatic rings. The predicted molar refractivity (Wildman–Crippen MR) is 68.5 cm³/mol. The maximum atomic E-state index is 3.41. The van der Waals surface area contributed by atoms with Crippen LogP contribution in [-0.2, 0) is 6.54 Å². The number of nitrogens with one attached hydrogen (secondary N) is 1. The average molecular weight is 218 g/mol. The van der Waals surface area contributed by atoms with Crippen molar-refractivity contribution in [1.82, 2.24) is 10.2 Å². The first kappa shape index (κ1) is 11.6. The molecule has 2 rings (SSSR count). The lowest BCUT2D eigenvalue weighted by Gasteiger charge is -2.31. The van der Waals surface area contributed by atoms with Gasteiger partial charge in [-0.05, 0) is 45.5 Å². The molecule has 1 aromatic carbocycles. The minimum atomic E-state index is 0.752. The van der Waals surface area contributed by atoms with Gasteiger partial charge in [0, 0.05) is 12.6 Å². The fourth-order valence-electron chi connectivity index (χ4n) is 2.36. The molecule has 1 fully saturated rings. The first-order chi connectivity index (χ1) is 7.75. The largest absolute Gasteiger partial charge is 0.317 e. The van der Waals surface area contributed by atoms with Crippen LogP contribution in [0.5, 0.6) is 0 Å². The van der Waals surface area contributed by atoms with Crippen molar-refractivity contribution < 1.29 is 0 Å². The summed E-state index contributed by atoms with van der Waals surface area (Å²) in [4.78, 5) is 2.49. The summed E-state index contributed by atoms with van der Waals surface area (Å²) >= 11 is 0. The normalized spacial score (nSPS) is 17.9. The molecule has 0 aromatic heterocycles. The molecule has 1 aromatic rings. The highest BCUT2D eigenvalue weighted by atomic mass is 15.1. The van der Waals surface area contributed by atoms with Gasteiger partial charge in [-0.1, -0.05) is 29.8 Å². The lowest BCUT2D eigenvalue weighted by Crippen LogP contribution is -2.40. The second-order valence-corrected chi connectivity index (χ2v) is 4.88. The van der Waals surface area contributed by atoms with E-state index in [1.807, 2.05) is 0 Å². The Morgan fingerprint density at radius 1 is 1.19 bits per heavy atom. The van der Waals surface area contributed by atoms with E-state index in [1.54, 1.807) is 0 Å². The molecule has 1 saturated heterocycles. The Hall–Kier alpha value is -0.860. The highest BCUT2D eigenvalue weighted by Gasteiger charge is 2.17. The van der Waals surface area contributed by atoms with Gasteiger partial charge in [-0.25, -0.2) is 0 Å². The van der Waals surface area contributed by atoms with Crippen LogP contribution in [0.3, 0.4) is 0 Å². The zero-order valence-electron chi connectivity index (χ0n) is 10.4. The van der Waals surface area contributed by atoms with Crippen LogP contribution in [0.1, 0.15) is 24.0 Å². The van der Waals surface area contributed by atoms with E-state index in [2.05, 4.69) is 48.5 Å². The van der Waals surface area contributed by atoms with Gasteiger partial charge in [0.25, 0.3) is 0 Å². The van der Waals surface area contributed by atoms with Crippen molar-refractivity contribution in [2.75, 3.05) is 20.1 Å². The van der Waals surface area contributed by atoms with E-state index in [1.165, 1.54) is 37.1 Å². The quantitative estimate of drug-likeness (QED) is 0.836. The summed E-state index contributed by atoms with van der Waals surface area (Å²) in [6.45, 7) is 5.55. The molecule has 0 amide bonds. The third-order valence-corrected chi connectivity index (χ3v) is 3.48. The third-order valence-electron chi connectivity index (χ3n) is 3.48. The minimum absolute atomic E-state index is 0.752. The van der Waals surface area contributed by atoms with Crippen molar-refractivity contribution in [2.24, 2.45) is 0 Å². The van der Waals surface area contributed by atoms with Gasteiger partial charge in [0.15, 0.2) is 0 Å². The van der Waals surface area contributed by atoms with Gasteiger partial charge < -0.3 is 5.32 Å². The molecule has 1 heterocycles. The predicted octanol–water partition coefficient (Wildman–Crippen LogP) is 2.18. The van der Waals surface area contributed by atoms with E-state index in [-0.39, 0.29) is 0 Å². The van der Waals surface area contributed by atoms with Crippen LogP contribution in [0.4, 0.5) is 0 Å². The summed E-state index contributed by atoms with van der Waals surface area (Å²) in [5.74, 6) is 0. The number of nitrogens with zero attached hydrogens (tertiary/aromatic N) is 1. The number of hydrogen-bond donors (Lipinski definition) is 1. The Kier molecular flexibility index (Phi) is 3.97. The van der Waals surface area contributed by atoms with Crippen LogP contribution in [0, 0.1) is 6.92 Å². The van der Waals surface area contributed by atoms with Crippen LogP contribution >= 0.6 is 0 Å². The first-order valence-electron chi connectivity index (χ1n) is 6.22. The summed E-state index contributed by atoms with van der Waals surface area (Å²) in [6, 6.07) is 9.64. The zero-order chi connectivity index (χ0) is 11.4. The average Bonchev–Trinajstić information content (AvgIpc) is 2.33. The molecule has 1 N–H and O–H groups in total. The molecule has 0 atom stereocenters. The van der Waals surface area contributed by atoms with E-state index >= 15 is 0 Å². The molecule has 2 nitrogen and oxygen atoms in total. The maximum Gasteiger partial charge on any atom is 0.0233 e. The van der Waals surface area contributed by atoms with Gasteiger partial charge in [0.1, 0.15) is 0 Å². The van der Waals surface area contributed by atoms with Crippen LogP contribution < -0.4 is 5.32 Å². The molecule has 0 aliphatic carbocycles. The Morgan fingerprint density at radius 3 is 2.44 bits per heavy atom. The first-order valence-corrected chi connectivity index (χ1v) is 6.22. The topological polar surface area (TPSA) is 15.3 Å². The number of benzene rings is 1. The standard InChI is InChI=1S/C14H22N2/c1-12-3-5-13(6-4-12)11-16(2)14-7-9-15-10-8-14/h3-6,14-15H,7-11H2,1-2H3. The van der Waals surface area contributed by atoms with Crippen LogP contribution in [0.25, 0.3) is 0 Å². The molecule has 2 heteroatoms. The number of rotatable bonds is 3. The van der Waals surface area contributed by atoms with E-state index in [0.29, 0.717) is 0 Å². The van der Waals surface area contributed by atoms with E-state index in [9.17, 15) is 0 Å². The van der Waals surface area contributed by atoms with E-state index < -0.39 is 0 Å². The van der Waals surface area contributed by atoms with Crippen molar-refractivity contribution in [3.63, 3.8) is 0 Å². The molecule has 0 bridgehead atoms. The molecule has 1 aliphatic heterocycles. The SMILES string of the molecule is Cc1ccc(CN(C)C2CCNCC2)cc1. The molecule has 0 radical (unpaired) electrons. The second kappa shape index (κ2) is 5.46. The van der Waals surface area contributed by atoms with Crippen LogP contribution in [0.2, 0.25) is 0 Å². The maximum absolute atomic E-state index is 3.41. The number of piperidine rings is 1. The van der Waals surface area contributed by atoms with Crippen molar-refractivity contribution in [3.8, 4) is 0 Å². The van der Waals surface area contributed by atoms with Crippen LogP contribution in [-0.4, -0.2) is 31.1 Å². The highest BCUT2D eigenvalue weighted by Crippen LogP contribution is 2.13. The lowest BCUT2D eigenvalue weighted by molar-refractivity contribution is 0.192. The van der Waals surface area contributed by atoms with Crippen molar-refractivity contribution in [2.45, 2.75) is 32.4 Å². The third kappa shape index (κ3) is 3.06. The molecule has 0 saturated carbocycles. The summed E-state index contributed by atoms with van der Waals surface area (Å²) < 4.78 is 0. The monoisotopic (exact) mass is 218 g/mol. The highest BCUT2D eigenvalue weighted by molar-refractivity contribution is 5.21. The van der Waals surface area contributed by atoms with Crippen molar-refractivity contribution in [1.29, 1.82) is 0 Å². The van der Waals surface area contributed by atoms with Gasteiger partial charge in [-0.2, -0.15) is 0 Å². The molecular formula is C14H22N2. The van der Waals surface area contributed by atoms with Crippen molar-refractivity contribution >= 4 is 0 Å². The molecule has 0 unspecified atom stereocenters. The molecule has 0 spiro atoms. The summed E-state index contributed by atoms with van der Waals surface area (Å²) in [5, 5.41) is 3.41. The van der Waals surface area contributed by atoms with Gasteiger partial charge in [-0.3, -0.25) is 4.90 Å². The fourth-order valence-corrected chi connectivity index (χ4v) is 2.36. The van der Waals surface area contributed by atoms with Gasteiger partial charge in [0.05, 0.1) is 0 Å². The zero-order valence-corrected chi connectivity index (χ0v) is 10.4. The van der Waals surface area contributed by atoms with Gasteiger partial charge in [0.2, 0.25) is 0 Å². The molecule has 16 heavy (non-hydrogen) atoms. The summed E-state index contributed by atoms with van der Waals surface area (Å²) in [5.41, 5.74) is 2.76. The Bertz CT molecular complexity index is 312. The number of hydrogen-bond acceptors (Lipinski definition) is 2.